The van der Waals surface area contributed by atoms with E-state index in [0.29, 0.717) is 17.5 Å². The Labute approximate surface area is 139 Å². The Balaban J connectivity index is 2.44. The minimum atomic E-state index is -4.27. The van der Waals surface area contributed by atoms with Crippen molar-refractivity contribution in [1.29, 1.82) is 0 Å². The largest absolute Gasteiger partial charge is 0.431 e. The molecule has 0 heterocycles. The third-order valence-corrected chi connectivity index (χ3v) is 9.95. The molecule has 1 aromatic rings. The van der Waals surface area contributed by atoms with E-state index >= 15 is 0 Å². The van der Waals surface area contributed by atoms with Crippen LogP contribution >= 0.6 is 0 Å². The molecule has 0 aromatic heterocycles. The summed E-state index contributed by atoms with van der Waals surface area (Å²) >= 11 is 0. The highest BCUT2D eigenvalue weighted by Crippen LogP contribution is 2.35. The Bertz CT molecular complexity index is 475. The van der Waals surface area contributed by atoms with Gasteiger partial charge in [0, 0.05) is 0 Å². The van der Waals surface area contributed by atoms with E-state index in [0.717, 1.165) is 36.9 Å². The molecule has 23 heavy (non-hydrogen) atoms. The highest BCUT2D eigenvalue weighted by Gasteiger charge is 2.37. The van der Waals surface area contributed by atoms with Crippen molar-refractivity contribution >= 4 is 8.32 Å². The summed E-state index contributed by atoms with van der Waals surface area (Å²) in [7, 11) is -2.22. The van der Waals surface area contributed by atoms with Crippen molar-refractivity contribution in [2.24, 2.45) is 0 Å². The standard InChI is InChI=1S/C18H29F3OSi/c1-14(2)23(22,15(3)4)12-7-5-6-9-16-10-8-11-17(13-16)18(19,20)21/h8,10-11,13-15,22H,5-7,9,12H2,1-4H3. The van der Waals surface area contributed by atoms with Gasteiger partial charge in [-0.05, 0) is 41.6 Å². The first-order chi connectivity index (χ1) is 10.6. The van der Waals surface area contributed by atoms with E-state index < -0.39 is 20.1 Å². The van der Waals surface area contributed by atoms with Gasteiger partial charge in [0.25, 0.3) is 0 Å². The van der Waals surface area contributed by atoms with Gasteiger partial charge in [-0.2, -0.15) is 13.2 Å². The zero-order valence-corrected chi connectivity index (χ0v) is 15.6. The van der Waals surface area contributed by atoms with Gasteiger partial charge in [-0.1, -0.05) is 58.7 Å². The van der Waals surface area contributed by atoms with Crippen LogP contribution in [0.1, 0.15) is 58.1 Å². The number of unbranched alkanes of at least 4 members (excludes halogenated alkanes) is 2. The molecule has 0 aliphatic carbocycles. The molecule has 0 saturated carbocycles. The molecule has 0 radical (unpaired) electrons. The minimum Gasteiger partial charge on any atom is -0.431 e. The van der Waals surface area contributed by atoms with Crippen molar-refractivity contribution in [3.8, 4) is 0 Å². The second kappa shape index (κ2) is 8.33. The number of hydrogen-bond acceptors (Lipinski definition) is 1. The molecule has 0 bridgehead atoms. The van der Waals surface area contributed by atoms with Crippen LogP contribution in [0.2, 0.25) is 17.1 Å². The summed E-state index contributed by atoms with van der Waals surface area (Å²) in [5, 5.41) is 0. The Hall–Kier alpha value is -0.813. The summed E-state index contributed by atoms with van der Waals surface area (Å²) in [4.78, 5) is 10.8. The molecule has 0 amide bonds. The van der Waals surface area contributed by atoms with E-state index in [1.54, 1.807) is 6.07 Å². The highest BCUT2D eigenvalue weighted by atomic mass is 28.4. The van der Waals surface area contributed by atoms with Crippen molar-refractivity contribution in [3.63, 3.8) is 0 Å². The topological polar surface area (TPSA) is 20.2 Å². The van der Waals surface area contributed by atoms with Crippen molar-refractivity contribution < 1.29 is 18.0 Å². The third kappa shape index (κ3) is 5.96. The molecular formula is C18H29F3OSi. The minimum absolute atomic E-state index is 0.339. The molecule has 0 aliphatic rings. The number of rotatable bonds is 8. The van der Waals surface area contributed by atoms with Gasteiger partial charge in [0.15, 0.2) is 8.32 Å². The first-order valence-corrected chi connectivity index (χ1v) is 10.8. The fourth-order valence-electron chi connectivity index (χ4n) is 3.06. The van der Waals surface area contributed by atoms with Gasteiger partial charge in [0.1, 0.15) is 0 Å². The van der Waals surface area contributed by atoms with Gasteiger partial charge >= 0.3 is 6.18 Å². The van der Waals surface area contributed by atoms with Crippen LogP contribution in [0.25, 0.3) is 0 Å². The van der Waals surface area contributed by atoms with Gasteiger partial charge in [0.05, 0.1) is 5.56 Å². The van der Waals surface area contributed by atoms with Crippen LogP contribution in [0.15, 0.2) is 24.3 Å². The molecule has 1 aromatic carbocycles. The van der Waals surface area contributed by atoms with Crippen LogP contribution in [0.4, 0.5) is 13.2 Å². The quantitative estimate of drug-likeness (QED) is 0.440. The first-order valence-electron chi connectivity index (χ1n) is 8.46. The summed E-state index contributed by atoms with van der Waals surface area (Å²) in [6.07, 6.45) is -0.842. The zero-order chi connectivity index (χ0) is 17.7. The van der Waals surface area contributed by atoms with Crippen molar-refractivity contribution in [2.45, 2.75) is 76.7 Å². The van der Waals surface area contributed by atoms with E-state index in [2.05, 4.69) is 27.7 Å². The zero-order valence-electron chi connectivity index (χ0n) is 14.6. The Kier molecular flexibility index (Phi) is 7.33. The molecule has 0 fully saturated rings. The van der Waals surface area contributed by atoms with Gasteiger partial charge in [-0.15, -0.1) is 0 Å². The van der Waals surface area contributed by atoms with Gasteiger partial charge in [-0.3, -0.25) is 0 Å². The molecular weight excluding hydrogens is 317 g/mol. The van der Waals surface area contributed by atoms with Crippen LogP contribution in [-0.2, 0) is 12.6 Å². The Morgan fingerprint density at radius 3 is 2.13 bits per heavy atom. The van der Waals surface area contributed by atoms with Crippen LogP contribution in [0.3, 0.4) is 0 Å². The SMILES string of the molecule is CC(C)[Si](O)(CCCCCc1cccc(C(F)(F)F)c1)C(C)C. The maximum Gasteiger partial charge on any atom is 0.416 e. The smallest absolute Gasteiger partial charge is 0.416 e. The van der Waals surface area contributed by atoms with Gasteiger partial charge in [0.2, 0.25) is 0 Å². The molecule has 5 heteroatoms. The summed E-state index contributed by atoms with van der Waals surface area (Å²) in [6.45, 7) is 8.37. The van der Waals surface area contributed by atoms with Crippen molar-refractivity contribution in [3.05, 3.63) is 35.4 Å². The average molecular weight is 347 g/mol. The van der Waals surface area contributed by atoms with Crippen LogP contribution in [-0.4, -0.2) is 13.1 Å². The lowest BCUT2D eigenvalue weighted by Gasteiger charge is -2.33. The summed E-state index contributed by atoms with van der Waals surface area (Å²) in [5.74, 6) is 0. The van der Waals surface area contributed by atoms with Crippen LogP contribution < -0.4 is 0 Å². The second-order valence-electron chi connectivity index (χ2n) is 7.06. The second-order valence-corrected chi connectivity index (χ2v) is 11.9. The monoisotopic (exact) mass is 346 g/mol. The lowest BCUT2D eigenvalue weighted by atomic mass is 10.0. The predicted molar refractivity (Wildman–Crippen MR) is 92.0 cm³/mol. The summed E-state index contributed by atoms with van der Waals surface area (Å²) in [5.41, 5.74) is 0.841. The molecule has 0 aliphatic heterocycles. The van der Waals surface area contributed by atoms with Crippen molar-refractivity contribution in [2.75, 3.05) is 0 Å². The molecule has 0 unspecified atom stereocenters. The van der Waals surface area contributed by atoms with E-state index in [1.807, 2.05) is 0 Å². The normalized spacial score (nSPS) is 13.1. The molecule has 1 N–H and O–H groups in total. The number of hydrogen-bond donors (Lipinski definition) is 1. The fraction of sp³-hybridized carbons (Fsp3) is 0.667. The highest BCUT2D eigenvalue weighted by molar-refractivity contribution is 6.75. The van der Waals surface area contributed by atoms with Crippen LogP contribution in [0.5, 0.6) is 0 Å². The summed E-state index contributed by atoms with van der Waals surface area (Å²) < 4.78 is 38.0. The number of halogens is 3. The van der Waals surface area contributed by atoms with E-state index in [9.17, 15) is 18.0 Å². The molecule has 132 valence electrons. The van der Waals surface area contributed by atoms with E-state index in [4.69, 9.17) is 0 Å². The Morgan fingerprint density at radius 2 is 1.61 bits per heavy atom. The fourth-order valence-corrected chi connectivity index (χ4v) is 6.37. The third-order valence-electron chi connectivity index (χ3n) is 4.80. The molecule has 1 rings (SSSR count). The molecule has 0 atom stereocenters. The van der Waals surface area contributed by atoms with Gasteiger partial charge in [-0.25, -0.2) is 0 Å². The molecule has 0 spiro atoms. The maximum atomic E-state index is 12.7. The summed E-state index contributed by atoms with van der Waals surface area (Å²) in [6, 6.07) is 6.46. The Morgan fingerprint density at radius 1 is 1.00 bits per heavy atom. The lowest BCUT2D eigenvalue weighted by Crippen LogP contribution is -2.41. The predicted octanol–water partition coefficient (Wildman–Crippen LogP) is 6.18. The molecule has 0 saturated heterocycles. The lowest BCUT2D eigenvalue weighted by molar-refractivity contribution is -0.137. The van der Waals surface area contributed by atoms with E-state index in [1.165, 1.54) is 12.1 Å². The van der Waals surface area contributed by atoms with Crippen LogP contribution in [0, 0.1) is 0 Å². The maximum absolute atomic E-state index is 12.7. The number of alkyl halides is 3. The molecule has 1 nitrogen and oxygen atoms in total. The average Bonchev–Trinajstić information content (AvgIpc) is 2.45. The number of aryl methyl sites for hydroxylation is 1. The van der Waals surface area contributed by atoms with Crippen molar-refractivity contribution in [1.82, 2.24) is 0 Å². The first kappa shape index (κ1) is 20.2. The number of benzene rings is 1. The van der Waals surface area contributed by atoms with E-state index in [-0.39, 0.29) is 0 Å². The van der Waals surface area contributed by atoms with Gasteiger partial charge < -0.3 is 4.80 Å².